The van der Waals surface area contributed by atoms with Crippen molar-refractivity contribution in [3.63, 3.8) is 0 Å². The monoisotopic (exact) mass is 302 g/mol. The number of aliphatic hydroxyl groups is 2. The Balaban J connectivity index is 2.21. The van der Waals surface area contributed by atoms with Gasteiger partial charge in [0.1, 0.15) is 11.9 Å². The highest BCUT2D eigenvalue weighted by Crippen LogP contribution is 2.23. The van der Waals surface area contributed by atoms with Crippen LogP contribution < -0.4 is 0 Å². The molecule has 5 heteroatoms. The molecule has 5 nitrogen and oxygen atoms in total. The summed E-state index contributed by atoms with van der Waals surface area (Å²) in [5.74, 6) is 0.412. The zero-order valence-electron chi connectivity index (χ0n) is 13.6. The van der Waals surface area contributed by atoms with Crippen LogP contribution >= 0.6 is 0 Å². The fourth-order valence-electron chi connectivity index (χ4n) is 2.38. The Labute approximate surface area is 127 Å². The summed E-state index contributed by atoms with van der Waals surface area (Å²) in [6.45, 7) is 7.56. The van der Waals surface area contributed by atoms with E-state index in [1.807, 2.05) is 20.8 Å². The first-order valence-corrected chi connectivity index (χ1v) is 8.01. The van der Waals surface area contributed by atoms with E-state index in [4.69, 9.17) is 9.47 Å². The highest BCUT2D eigenvalue weighted by atomic mass is 16.7. The molecule has 0 amide bonds. The zero-order valence-corrected chi connectivity index (χ0v) is 13.6. The van der Waals surface area contributed by atoms with Gasteiger partial charge in [0, 0.05) is 18.8 Å². The van der Waals surface area contributed by atoms with Crippen molar-refractivity contribution in [3.05, 3.63) is 0 Å². The molecule has 0 spiro atoms. The smallest absolute Gasteiger partial charge is 0.184 e. The SMILES string of the molecule is CC(C)C(=O)CCCC[C@@H](C)O[C@@H]1OC(C)[C@H](O)CC1O. The summed E-state index contributed by atoms with van der Waals surface area (Å²) in [7, 11) is 0. The Hall–Kier alpha value is -0.490. The number of unbranched alkanes of at least 4 members (excludes halogenated alkanes) is 1. The van der Waals surface area contributed by atoms with E-state index < -0.39 is 18.5 Å². The molecule has 1 aliphatic rings. The minimum atomic E-state index is -0.791. The lowest BCUT2D eigenvalue weighted by Gasteiger charge is -2.36. The molecule has 1 saturated heterocycles. The molecular formula is C16H30O5. The van der Waals surface area contributed by atoms with Gasteiger partial charge in [0.2, 0.25) is 0 Å². The van der Waals surface area contributed by atoms with E-state index in [2.05, 4.69) is 0 Å². The van der Waals surface area contributed by atoms with Crippen LogP contribution in [0.4, 0.5) is 0 Å². The first-order chi connectivity index (χ1) is 9.81. The molecule has 21 heavy (non-hydrogen) atoms. The van der Waals surface area contributed by atoms with E-state index in [1.54, 1.807) is 6.92 Å². The van der Waals surface area contributed by atoms with Crippen molar-refractivity contribution in [2.45, 2.75) is 90.5 Å². The number of carbonyl (C=O) groups excluding carboxylic acids is 1. The average molecular weight is 302 g/mol. The Morgan fingerprint density at radius 3 is 2.52 bits per heavy atom. The van der Waals surface area contributed by atoms with E-state index in [9.17, 15) is 15.0 Å². The van der Waals surface area contributed by atoms with Gasteiger partial charge in [-0.2, -0.15) is 0 Å². The molecule has 5 atom stereocenters. The molecule has 1 aliphatic heterocycles. The van der Waals surface area contributed by atoms with Crippen LogP contribution in [0.5, 0.6) is 0 Å². The number of hydrogen-bond acceptors (Lipinski definition) is 5. The van der Waals surface area contributed by atoms with Crippen LogP contribution in [0.1, 0.15) is 59.8 Å². The van der Waals surface area contributed by atoms with Crippen LogP contribution in [0.15, 0.2) is 0 Å². The fourth-order valence-corrected chi connectivity index (χ4v) is 2.38. The molecule has 2 N–H and O–H groups in total. The molecule has 1 rings (SSSR count). The molecule has 0 aliphatic carbocycles. The van der Waals surface area contributed by atoms with Gasteiger partial charge in [0.15, 0.2) is 6.29 Å². The van der Waals surface area contributed by atoms with Gasteiger partial charge < -0.3 is 19.7 Å². The Morgan fingerprint density at radius 1 is 1.24 bits per heavy atom. The lowest BCUT2D eigenvalue weighted by Crippen LogP contribution is -2.48. The summed E-state index contributed by atoms with van der Waals surface area (Å²) in [6.07, 6.45) is 1.05. The molecule has 0 radical (unpaired) electrons. The Morgan fingerprint density at radius 2 is 1.90 bits per heavy atom. The number of aliphatic hydroxyl groups excluding tert-OH is 2. The number of Topliss-reactive ketones (excluding diaryl/α,β-unsaturated/α-hetero) is 1. The van der Waals surface area contributed by atoms with Gasteiger partial charge >= 0.3 is 0 Å². The quantitative estimate of drug-likeness (QED) is 0.671. The predicted octanol–water partition coefficient (Wildman–Crippen LogP) is 2.03. The minimum Gasteiger partial charge on any atom is -0.390 e. The van der Waals surface area contributed by atoms with Crippen molar-refractivity contribution in [1.29, 1.82) is 0 Å². The maximum atomic E-state index is 11.5. The summed E-state index contributed by atoms with van der Waals surface area (Å²) < 4.78 is 11.2. The van der Waals surface area contributed by atoms with Gasteiger partial charge in [-0.1, -0.05) is 20.3 Å². The third-order valence-electron chi connectivity index (χ3n) is 3.98. The van der Waals surface area contributed by atoms with Gasteiger partial charge in [0.25, 0.3) is 0 Å². The van der Waals surface area contributed by atoms with Gasteiger partial charge in [0.05, 0.1) is 18.3 Å². The van der Waals surface area contributed by atoms with Crippen LogP contribution in [0.3, 0.4) is 0 Å². The van der Waals surface area contributed by atoms with Gasteiger partial charge in [-0.15, -0.1) is 0 Å². The lowest BCUT2D eigenvalue weighted by molar-refractivity contribution is -0.273. The fraction of sp³-hybridized carbons (Fsp3) is 0.938. The van der Waals surface area contributed by atoms with Crippen LogP contribution in [0, 0.1) is 5.92 Å². The van der Waals surface area contributed by atoms with Crippen molar-refractivity contribution >= 4 is 5.78 Å². The van der Waals surface area contributed by atoms with E-state index in [-0.39, 0.29) is 24.5 Å². The molecule has 0 aromatic carbocycles. The second kappa shape index (κ2) is 8.83. The first-order valence-electron chi connectivity index (χ1n) is 8.01. The normalized spacial score (nSPS) is 31.4. The number of carbonyl (C=O) groups is 1. The minimum absolute atomic E-state index is 0.0405. The zero-order chi connectivity index (χ0) is 16.0. The molecule has 0 saturated carbocycles. The summed E-state index contributed by atoms with van der Waals surface area (Å²) in [5, 5.41) is 19.5. The summed E-state index contributed by atoms with van der Waals surface area (Å²) in [5.41, 5.74) is 0. The van der Waals surface area contributed by atoms with Crippen LogP contribution in [0.25, 0.3) is 0 Å². The number of ether oxygens (including phenoxy) is 2. The first kappa shape index (κ1) is 18.6. The number of ketones is 1. The predicted molar refractivity (Wildman–Crippen MR) is 79.8 cm³/mol. The molecule has 1 fully saturated rings. The highest BCUT2D eigenvalue weighted by molar-refractivity contribution is 5.80. The second-order valence-electron chi connectivity index (χ2n) is 6.39. The lowest BCUT2D eigenvalue weighted by atomic mass is 10.0. The van der Waals surface area contributed by atoms with E-state index >= 15 is 0 Å². The molecule has 1 heterocycles. The molecular weight excluding hydrogens is 272 g/mol. The maximum absolute atomic E-state index is 11.5. The highest BCUT2D eigenvalue weighted by Gasteiger charge is 2.35. The Bertz CT molecular complexity index is 318. The molecule has 0 bridgehead atoms. The summed E-state index contributed by atoms with van der Waals surface area (Å²) in [4.78, 5) is 11.5. The van der Waals surface area contributed by atoms with Crippen molar-refractivity contribution in [2.75, 3.05) is 0 Å². The van der Waals surface area contributed by atoms with E-state index in [0.717, 1.165) is 19.3 Å². The van der Waals surface area contributed by atoms with Crippen molar-refractivity contribution in [2.24, 2.45) is 5.92 Å². The number of hydrogen-bond donors (Lipinski definition) is 2. The van der Waals surface area contributed by atoms with Crippen molar-refractivity contribution in [3.8, 4) is 0 Å². The maximum Gasteiger partial charge on any atom is 0.184 e. The summed E-state index contributed by atoms with van der Waals surface area (Å²) >= 11 is 0. The van der Waals surface area contributed by atoms with Crippen LogP contribution in [-0.2, 0) is 14.3 Å². The molecule has 124 valence electrons. The third-order valence-corrected chi connectivity index (χ3v) is 3.98. The largest absolute Gasteiger partial charge is 0.390 e. The van der Waals surface area contributed by atoms with Crippen molar-refractivity contribution in [1.82, 2.24) is 0 Å². The van der Waals surface area contributed by atoms with Gasteiger partial charge in [-0.05, 0) is 26.7 Å². The van der Waals surface area contributed by atoms with Crippen LogP contribution in [0.2, 0.25) is 0 Å². The molecule has 2 unspecified atom stereocenters. The van der Waals surface area contributed by atoms with Gasteiger partial charge in [-0.3, -0.25) is 4.79 Å². The molecule has 0 aromatic rings. The van der Waals surface area contributed by atoms with Crippen LogP contribution in [-0.4, -0.2) is 46.7 Å². The average Bonchev–Trinajstić information content (AvgIpc) is 2.40. The topological polar surface area (TPSA) is 76.0 Å². The van der Waals surface area contributed by atoms with Crippen molar-refractivity contribution < 1.29 is 24.5 Å². The standard InChI is InChI=1S/C16H30O5/c1-10(2)13(17)8-6-5-7-11(3)20-16-15(19)9-14(18)12(4)21-16/h10-12,14-16,18-19H,5-9H2,1-4H3/t11-,12?,14-,15?,16-/m1/s1. The Kier molecular flexibility index (Phi) is 7.81. The molecule has 0 aromatic heterocycles. The number of rotatable bonds is 8. The van der Waals surface area contributed by atoms with E-state index in [1.165, 1.54) is 0 Å². The van der Waals surface area contributed by atoms with Gasteiger partial charge in [-0.25, -0.2) is 0 Å². The summed E-state index contributed by atoms with van der Waals surface area (Å²) in [6, 6.07) is 0. The second-order valence-corrected chi connectivity index (χ2v) is 6.39. The third kappa shape index (κ3) is 6.43. The van der Waals surface area contributed by atoms with E-state index in [0.29, 0.717) is 12.2 Å².